The zero-order valence-electron chi connectivity index (χ0n) is 14.0. The predicted octanol–water partition coefficient (Wildman–Crippen LogP) is 4.31. The molecular formula is C20H19NO3S. The van der Waals surface area contributed by atoms with Crippen molar-refractivity contribution in [3.05, 3.63) is 60.2 Å². The second-order valence-corrected chi connectivity index (χ2v) is 6.49. The molecule has 1 heterocycles. The summed E-state index contributed by atoms with van der Waals surface area (Å²) >= 11 is 1.28. The number of hydrogen-bond acceptors (Lipinski definition) is 4. The molecule has 1 aromatic heterocycles. The summed E-state index contributed by atoms with van der Waals surface area (Å²) in [7, 11) is 0. The summed E-state index contributed by atoms with van der Waals surface area (Å²) in [5, 5.41) is 0.906. The van der Waals surface area contributed by atoms with Crippen molar-refractivity contribution in [1.29, 1.82) is 0 Å². The Morgan fingerprint density at radius 3 is 2.48 bits per heavy atom. The Kier molecular flexibility index (Phi) is 5.56. The third-order valence-electron chi connectivity index (χ3n) is 3.81. The number of benzene rings is 2. The number of carbonyl (C=O) groups excluding carboxylic acids is 2. The van der Waals surface area contributed by atoms with Gasteiger partial charge in [-0.15, -0.1) is 11.8 Å². The monoisotopic (exact) mass is 353 g/mol. The van der Waals surface area contributed by atoms with Crippen LogP contribution in [0.2, 0.25) is 0 Å². The van der Waals surface area contributed by atoms with Gasteiger partial charge in [0.25, 0.3) is 0 Å². The van der Waals surface area contributed by atoms with E-state index in [4.69, 9.17) is 4.74 Å². The molecule has 0 aliphatic rings. The Bertz CT molecular complexity index is 886. The topological polar surface area (TPSA) is 59.2 Å². The lowest BCUT2D eigenvalue weighted by Crippen LogP contribution is -2.10. The summed E-state index contributed by atoms with van der Waals surface area (Å²) in [5.74, 6) is 0.136. The predicted molar refractivity (Wildman–Crippen MR) is 102 cm³/mol. The highest BCUT2D eigenvalue weighted by atomic mass is 32.2. The van der Waals surface area contributed by atoms with Crippen molar-refractivity contribution in [1.82, 2.24) is 4.98 Å². The molecule has 0 fully saturated rings. The Labute approximate surface area is 150 Å². The molecule has 128 valence electrons. The van der Waals surface area contributed by atoms with Gasteiger partial charge in [0, 0.05) is 10.9 Å². The van der Waals surface area contributed by atoms with Crippen LogP contribution in [-0.2, 0) is 9.53 Å². The number of fused-ring (bicyclic) bond motifs is 1. The Balaban J connectivity index is 1.89. The first-order valence-electron chi connectivity index (χ1n) is 8.13. The SMILES string of the molecule is CCOC(=O)CSCC(=O)c1c(-c2ccccc2)[nH]c2ccccc12. The number of ketones is 1. The number of nitrogens with one attached hydrogen (secondary N) is 1. The molecule has 0 spiro atoms. The molecule has 0 aliphatic carbocycles. The van der Waals surface area contributed by atoms with Crippen molar-refractivity contribution in [3.63, 3.8) is 0 Å². The number of para-hydroxylation sites is 1. The molecule has 0 unspecified atom stereocenters. The van der Waals surface area contributed by atoms with Crippen LogP contribution in [0.3, 0.4) is 0 Å². The number of thioether (sulfide) groups is 1. The first-order chi connectivity index (χ1) is 12.2. The minimum absolute atomic E-state index is 0.00519. The van der Waals surface area contributed by atoms with Crippen LogP contribution in [0.4, 0.5) is 0 Å². The molecule has 0 saturated carbocycles. The highest BCUT2D eigenvalue weighted by molar-refractivity contribution is 8.00. The van der Waals surface area contributed by atoms with Crippen LogP contribution in [0.25, 0.3) is 22.2 Å². The number of Topliss-reactive ketones (excluding diaryl/α,β-unsaturated/α-hetero) is 1. The van der Waals surface area contributed by atoms with Crippen molar-refractivity contribution < 1.29 is 14.3 Å². The fourth-order valence-electron chi connectivity index (χ4n) is 2.75. The van der Waals surface area contributed by atoms with Crippen LogP contribution < -0.4 is 0 Å². The molecule has 3 aromatic rings. The molecule has 0 bridgehead atoms. The molecule has 0 amide bonds. The molecule has 3 rings (SSSR count). The third kappa shape index (κ3) is 3.94. The van der Waals surface area contributed by atoms with Gasteiger partial charge in [-0.25, -0.2) is 0 Å². The van der Waals surface area contributed by atoms with Gasteiger partial charge in [-0.05, 0) is 18.6 Å². The van der Waals surface area contributed by atoms with Gasteiger partial charge in [-0.1, -0.05) is 48.5 Å². The minimum Gasteiger partial charge on any atom is -0.465 e. The highest BCUT2D eigenvalue weighted by Gasteiger charge is 2.19. The van der Waals surface area contributed by atoms with Crippen LogP contribution in [0, 0.1) is 0 Å². The summed E-state index contributed by atoms with van der Waals surface area (Å²) in [6.07, 6.45) is 0. The molecule has 4 nitrogen and oxygen atoms in total. The number of rotatable bonds is 7. The van der Waals surface area contributed by atoms with Crippen LogP contribution in [0.5, 0.6) is 0 Å². The van der Waals surface area contributed by atoms with Crippen LogP contribution in [0.15, 0.2) is 54.6 Å². The van der Waals surface area contributed by atoms with Crippen LogP contribution >= 0.6 is 11.8 Å². The van der Waals surface area contributed by atoms with Gasteiger partial charge in [0.05, 0.1) is 29.4 Å². The van der Waals surface area contributed by atoms with E-state index in [2.05, 4.69) is 4.98 Å². The van der Waals surface area contributed by atoms with Gasteiger partial charge in [-0.2, -0.15) is 0 Å². The number of aromatic amines is 1. The van der Waals surface area contributed by atoms with E-state index in [0.29, 0.717) is 12.2 Å². The number of H-pyrrole nitrogens is 1. The Hall–Kier alpha value is -2.53. The van der Waals surface area contributed by atoms with Crippen molar-refractivity contribution in [2.24, 2.45) is 0 Å². The zero-order valence-corrected chi connectivity index (χ0v) is 14.8. The van der Waals surface area contributed by atoms with Gasteiger partial charge < -0.3 is 9.72 Å². The number of hydrogen-bond donors (Lipinski definition) is 1. The van der Waals surface area contributed by atoms with E-state index in [1.165, 1.54) is 11.8 Å². The van der Waals surface area contributed by atoms with Gasteiger partial charge >= 0.3 is 5.97 Å². The zero-order chi connectivity index (χ0) is 17.6. The van der Waals surface area contributed by atoms with Gasteiger partial charge in [0.2, 0.25) is 0 Å². The lowest BCUT2D eigenvalue weighted by Gasteiger charge is -2.05. The molecule has 2 aromatic carbocycles. The summed E-state index contributed by atoms with van der Waals surface area (Å²) < 4.78 is 4.90. The van der Waals surface area contributed by atoms with E-state index in [1.807, 2.05) is 54.6 Å². The van der Waals surface area contributed by atoms with E-state index in [-0.39, 0.29) is 23.3 Å². The number of carbonyl (C=O) groups is 2. The van der Waals surface area contributed by atoms with Crippen molar-refractivity contribution >= 4 is 34.4 Å². The first kappa shape index (κ1) is 17.3. The van der Waals surface area contributed by atoms with Crippen molar-refractivity contribution in [2.45, 2.75) is 6.92 Å². The van der Waals surface area contributed by atoms with E-state index in [1.54, 1.807) is 6.92 Å². The molecule has 0 radical (unpaired) electrons. The average Bonchev–Trinajstić information content (AvgIpc) is 3.02. The Morgan fingerprint density at radius 2 is 1.72 bits per heavy atom. The van der Waals surface area contributed by atoms with Gasteiger partial charge in [0.15, 0.2) is 5.78 Å². The summed E-state index contributed by atoms with van der Waals surface area (Å²) in [6.45, 7) is 2.12. The van der Waals surface area contributed by atoms with Crippen molar-refractivity contribution in [3.8, 4) is 11.3 Å². The quantitative estimate of drug-likeness (QED) is 0.508. The fraction of sp³-hybridized carbons (Fsp3) is 0.200. The lowest BCUT2D eigenvalue weighted by molar-refractivity contribution is -0.139. The first-order valence-corrected chi connectivity index (χ1v) is 9.29. The summed E-state index contributed by atoms with van der Waals surface area (Å²) in [6, 6.07) is 17.6. The fourth-order valence-corrected chi connectivity index (χ4v) is 3.44. The number of aromatic nitrogens is 1. The average molecular weight is 353 g/mol. The number of ether oxygens (including phenoxy) is 1. The molecule has 5 heteroatoms. The third-order valence-corrected chi connectivity index (χ3v) is 4.71. The second kappa shape index (κ2) is 8.03. The summed E-state index contributed by atoms with van der Waals surface area (Å²) in [4.78, 5) is 27.7. The molecular weight excluding hydrogens is 334 g/mol. The van der Waals surface area contributed by atoms with E-state index >= 15 is 0 Å². The van der Waals surface area contributed by atoms with Crippen LogP contribution in [-0.4, -0.2) is 34.8 Å². The van der Waals surface area contributed by atoms with Gasteiger partial charge in [0.1, 0.15) is 0 Å². The molecule has 1 N–H and O–H groups in total. The lowest BCUT2D eigenvalue weighted by atomic mass is 10.0. The normalized spacial score (nSPS) is 10.8. The molecule has 0 aliphatic heterocycles. The summed E-state index contributed by atoms with van der Waals surface area (Å²) in [5.41, 5.74) is 3.40. The minimum atomic E-state index is -0.289. The van der Waals surface area contributed by atoms with E-state index < -0.39 is 0 Å². The maximum Gasteiger partial charge on any atom is 0.315 e. The maximum atomic E-state index is 12.9. The standard InChI is InChI=1S/C20H19NO3S/c1-2-24-18(23)13-25-12-17(22)19-15-10-6-7-11-16(15)21-20(19)14-8-4-3-5-9-14/h3-11,21H,2,12-13H2,1H3. The molecule has 25 heavy (non-hydrogen) atoms. The van der Waals surface area contributed by atoms with Crippen molar-refractivity contribution in [2.75, 3.05) is 18.1 Å². The molecule has 0 saturated heterocycles. The van der Waals surface area contributed by atoms with Gasteiger partial charge in [-0.3, -0.25) is 9.59 Å². The van der Waals surface area contributed by atoms with Crippen LogP contribution in [0.1, 0.15) is 17.3 Å². The smallest absolute Gasteiger partial charge is 0.315 e. The Morgan fingerprint density at radius 1 is 1.00 bits per heavy atom. The second-order valence-electron chi connectivity index (χ2n) is 5.51. The number of esters is 1. The molecule has 0 atom stereocenters. The van der Waals surface area contributed by atoms with E-state index in [9.17, 15) is 9.59 Å². The largest absolute Gasteiger partial charge is 0.465 e. The van der Waals surface area contributed by atoms with E-state index in [0.717, 1.165) is 22.2 Å². The maximum absolute atomic E-state index is 12.9. The highest BCUT2D eigenvalue weighted by Crippen LogP contribution is 2.31.